The molecule has 1 aliphatic heterocycles. The van der Waals surface area contributed by atoms with Crippen LogP contribution in [-0.2, 0) is 10.0 Å². The van der Waals surface area contributed by atoms with Gasteiger partial charge in [0, 0.05) is 16.6 Å². The van der Waals surface area contributed by atoms with E-state index in [4.69, 9.17) is 4.74 Å². The number of likely N-dealkylation sites (tertiary alicyclic amines) is 1. The van der Waals surface area contributed by atoms with Gasteiger partial charge in [-0.3, -0.25) is 0 Å². The largest absolute Gasteiger partial charge is 0.495 e. The number of sulfonamides is 1. The third-order valence-corrected chi connectivity index (χ3v) is 5.98. The SMILES string of the molecule is COc1ccc(Br)cc1S(=O)(=O)NC1CCN(C)C(C)C1. The summed E-state index contributed by atoms with van der Waals surface area (Å²) in [6, 6.07) is 5.31. The lowest BCUT2D eigenvalue weighted by Gasteiger charge is -2.35. The molecule has 0 radical (unpaired) electrons. The lowest BCUT2D eigenvalue weighted by atomic mass is 10.0. The minimum Gasteiger partial charge on any atom is -0.495 e. The molecule has 2 atom stereocenters. The van der Waals surface area contributed by atoms with E-state index in [0.717, 1.165) is 19.4 Å². The summed E-state index contributed by atoms with van der Waals surface area (Å²) < 4.78 is 33.9. The highest BCUT2D eigenvalue weighted by molar-refractivity contribution is 9.10. The number of piperidine rings is 1. The molecule has 1 aromatic rings. The molecule has 1 N–H and O–H groups in total. The number of nitrogens with zero attached hydrogens (tertiary/aromatic N) is 1. The predicted octanol–water partition coefficient (Wildman–Crippen LogP) is 2.22. The smallest absolute Gasteiger partial charge is 0.244 e. The van der Waals surface area contributed by atoms with Crippen molar-refractivity contribution in [3.8, 4) is 5.75 Å². The van der Waals surface area contributed by atoms with E-state index in [1.807, 2.05) is 0 Å². The third kappa shape index (κ3) is 3.97. The van der Waals surface area contributed by atoms with E-state index < -0.39 is 10.0 Å². The molecule has 1 fully saturated rings. The van der Waals surface area contributed by atoms with E-state index >= 15 is 0 Å². The van der Waals surface area contributed by atoms with Crippen molar-refractivity contribution in [2.24, 2.45) is 0 Å². The van der Waals surface area contributed by atoms with Crippen molar-refractivity contribution in [3.05, 3.63) is 22.7 Å². The fraction of sp³-hybridized carbons (Fsp3) is 0.571. The van der Waals surface area contributed by atoms with E-state index in [1.54, 1.807) is 18.2 Å². The van der Waals surface area contributed by atoms with Crippen LogP contribution in [0.4, 0.5) is 0 Å². The summed E-state index contributed by atoms with van der Waals surface area (Å²) >= 11 is 3.31. The highest BCUT2D eigenvalue weighted by Crippen LogP contribution is 2.28. The van der Waals surface area contributed by atoms with E-state index in [1.165, 1.54) is 7.11 Å². The summed E-state index contributed by atoms with van der Waals surface area (Å²) in [5.74, 6) is 0.353. The van der Waals surface area contributed by atoms with Crippen molar-refractivity contribution in [2.45, 2.75) is 36.7 Å². The van der Waals surface area contributed by atoms with Crippen LogP contribution in [0.5, 0.6) is 5.75 Å². The Kier molecular flexibility index (Phi) is 5.29. The molecular formula is C14H21BrN2O3S. The molecule has 1 aromatic carbocycles. The summed E-state index contributed by atoms with van der Waals surface area (Å²) in [5.41, 5.74) is 0. The van der Waals surface area contributed by atoms with Crippen molar-refractivity contribution in [2.75, 3.05) is 20.7 Å². The summed E-state index contributed by atoms with van der Waals surface area (Å²) in [6.07, 6.45) is 1.63. The van der Waals surface area contributed by atoms with Crippen LogP contribution in [0.3, 0.4) is 0 Å². The fourth-order valence-corrected chi connectivity index (χ4v) is 4.53. The van der Waals surface area contributed by atoms with Crippen molar-refractivity contribution >= 4 is 26.0 Å². The minimum atomic E-state index is -3.59. The number of methoxy groups -OCH3 is 1. The van der Waals surface area contributed by atoms with E-state index in [9.17, 15) is 8.42 Å². The number of rotatable bonds is 4. The second-order valence-corrected chi connectivity index (χ2v) is 8.07. The van der Waals surface area contributed by atoms with Crippen LogP contribution < -0.4 is 9.46 Å². The molecule has 0 spiro atoms. The maximum absolute atomic E-state index is 12.6. The lowest BCUT2D eigenvalue weighted by molar-refractivity contribution is 0.178. The van der Waals surface area contributed by atoms with Gasteiger partial charge in [0.2, 0.25) is 10.0 Å². The van der Waals surface area contributed by atoms with Crippen LogP contribution in [0.25, 0.3) is 0 Å². The summed E-state index contributed by atoms with van der Waals surface area (Å²) in [6.45, 7) is 3.00. The Morgan fingerprint density at radius 1 is 1.43 bits per heavy atom. The first kappa shape index (κ1) is 16.7. The molecule has 5 nitrogen and oxygen atoms in total. The second kappa shape index (κ2) is 6.64. The van der Waals surface area contributed by atoms with Gasteiger partial charge in [0.1, 0.15) is 10.6 Å². The average Bonchev–Trinajstić information content (AvgIpc) is 2.42. The second-order valence-electron chi connectivity index (χ2n) is 5.47. The Hall–Kier alpha value is -0.630. The van der Waals surface area contributed by atoms with Crippen LogP contribution in [-0.4, -0.2) is 46.1 Å². The quantitative estimate of drug-likeness (QED) is 0.874. The lowest BCUT2D eigenvalue weighted by Crippen LogP contribution is -2.47. The van der Waals surface area contributed by atoms with Gasteiger partial charge in [-0.2, -0.15) is 0 Å². The zero-order chi connectivity index (χ0) is 15.6. The monoisotopic (exact) mass is 376 g/mol. The predicted molar refractivity (Wildman–Crippen MR) is 86.1 cm³/mol. The van der Waals surface area contributed by atoms with E-state index in [0.29, 0.717) is 16.3 Å². The molecule has 0 amide bonds. The molecule has 21 heavy (non-hydrogen) atoms. The molecule has 0 aromatic heterocycles. The van der Waals surface area contributed by atoms with Crippen molar-refractivity contribution < 1.29 is 13.2 Å². The number of benzene rings is 1. The van der Waals surface area contributed by atoms with Gasteiger partial charge in [-0.25, -0.2) is 13.1 Å². The van der Waals surface area contributed by atoms with E-state index in [2.05, 4.69) is 39.5 Å². The number of nitrogens with one attached hydrogen (secondary N) is 1. The summed E-state index contributed by atoms with van der Waals surface area (Å²) in [4.78, 5) is 2.41. The van der Waals surface area contributed by atoms with Gasteiger partial charge in [-0.1, -0.05) is 15.9 Å². The van der Waals surface area contributed by atoms with Crippen LogP contribution >= 0.6 is 15.9 Å². The number of hydrogen-bond donors (Lipinski definition) is 1. The van der Waals surface area contributed by atoms with Gasteiger partial charge in [0.15, 0.2) is 0 Å². The van der Waals surface area contributed by atoms with Crippen LogP contribution in [0, 0.1) is 0 Å². The number of halogens is 1. The highest BCUT2D eigenvalue weighted by Gasteiger charge is 2.28. The molecule has 2 rings (SSSR count). The van der Waals surface area contributed by atoms with Gasteiger partial charge in [0.25, 0.3) is 0 Å². The molecule has 1 heterocycles. The Balaban J connectivity index is 2.21. The van der Waals surface area contributed by atoms with Gasteiger partial charge >= 0.3 is 0 Å². The highest BCUT2D eigenvalue weighted by atomic mass is 79.9. The summed E-state index contributed by atoms with van der Waals surface area (Å²) in [5, 5.41) is 0. The zero-order valence-electron chi connectivity index (χ0n) is 12.5. The molecule has 1 saturated heterocycles. The van der Waals surface area contributed by atoms with Crippen LogP contribution in [0.15, 0.2) is 27.6 Å². The normalized spacial score (nSPS) is 24.0. The minimum absolute atomic E-state index is 0.0371. The van der Waals surface area contributed by atoms with Crippen LogP contribution in [0.1, 0.15) is 19.8 Å². The maximum Gasteiger partial charge on any atom is 0.244 e. The molecule has 1 aliphatic rings. The fourth-order valence-electron chi connectivity index (χ4n) is 2.54. The van der Waals surface area contributed by atoms with Gasteiger partial charge in [-0.15, -0.1) is 0 Å². The Bertz CT molecular complexity index is 606. The first-order valence-corrected chi connectivity index (χ1v) is 9.17. The first-order chi connectivity index (χ1) is 9.83. The molecule has 118 valence electrons. The van der Waals surface area contributed by atoms with Gasteiger partial charge < -0.3 is 9.64 Å². The molecule has 0 saturated carbocycles. The molecular weight excluding hydrogens is 356 g/mol. The Labute approximate surface area is 134 Å². The van der Waals surface area contributed by atoms with Crippen molar-refractivity contribution in [3.63, 3.8) is 0 Å². The average molecular weight is 377 g/mol. The standard InChI is InChI=1S/C14H21BrN2O3S/c1-10-8-12(6-7-17(10)2)16-21(18,19)14-9-11(15)4-5-13(14)20-3/h4-5,9-10,12,16H,6-8H2,1-3H3. The van der Waals surface area contributed by atoms with Crippen molar-refractivity contribution in [1.82, 2.24) is 9.62 Å². The molecule has 0 aliphatic carbocycles. The maximum atomic E-state index is 12.6. The van der Waals surface area contributed by atoms with Crippen LogP contribution in [0.2, 0.25) is 0 Å². The molecule has 2 unspecified atom stereocenters. The van der Waals surface area contributed by atoms with Gasteiger partial charge in [-0.05, 0) is 51.6 Å². The van der Waals surface area contributed by atoms with E-state index in [-0.39, 0.29) is 10.9 Å². The first-order valence-electron chi connectivity index (χ1n) is 6.89. The summed E-state index contributed by atoms with van der Waals surface area (Å²) in [7, 11) is -0.0552. The molecule has 7 heteroatoms. The topological polar surface area (TPSA) is 58.6 Å². The van der Waals surface area contributed by atoms with Gasteiger partial charge in [0.05, 0.1) is 7.11 Å². The number of hydrogen-bond acceptors (Lipinski definition) is 4. The number of ether oxygens (including phenoxy) is 1. The molecule has 0 bridgehead atoms. The van der Waals surface area contributed by atoms with Crippen molar-refractivity contribution in [1.29, 1.82) is 0 Å². The Morgan fingerprint density at radius 3 is 2.76 bits per heavy atom. The third-order valence-electron chi connectivity index (χ3n) is 3.95. The zero-order valence-corrected chi connectivity index (χ0v) is 14.9. The Morgan fingerprint density at radius 2 is 2.14 bits per heavy atom.